The minimum atomic E-state index is 0.256. The molecule has 0 aromatic carbocycles. The highest BCUT2D eigenvalue weighted by atomic mass is 32.1. The van der Waals surface area contributed by atoms with Gasteiger partial charge >= 0.3 is 0 Å². The second-order valence-electron chi connectivity index (χ2n) is 5.40. The summed E-state index contributed by atoms with van der Waals surface area (Å²) < 4.78 is 0. The summed E-state index contributed by atoms with van der Waals surface area (Å²) in [7, 11) is 0. The van der Waals surface area contributed by atoms with Crippen LogP contribution in [0.2, 0.25) is 0 Å². The summed E-state index contributed by atoms with van der Waals surface area (Å²) in [4.78, 5) is 1.48. The lowest BCUT2D eigenvalue weighted by Gasteiger charge is -2.29. The topological polar surface area (TPSA) is 0 Å². The van der Waals surface area contributed by atoms with Gasteiger partial charge in [0.05, 0.1) is 0 Å². The molecule has 1 aliphatic rings. The summed E-state index contributed by atoms with van der Waals surface area (Å²) in [5.41, 5.74) is 3.08. The lowest BCUT2D eigenvalue weighted by atomic mass is 9.76. The van der Waals surface area contributed by atoms with Crippen LogP contribution in [0.3, 0.4) is 0 Å². The maximum atomic E-state index is 3.17. The zero-order chi connectivity index (χ0) is 15.0. The maximum absolute atomic E-state index is 3.17. The fourth-order valence-electron chi connectivity index (χ4n) is 2.43. The first-order valence-corrected chi connectivity index (χ1v) is 8.35. The van der Waals surface area contributed by atoms with Crippen molar-refractivity contribution in [2.45, 2.75) is 53.9 Å². The molecule has 1 aliphatic carbocycles. The first-order valence-electron chi connectivity index (χ1n) is 7.47. The van der Waals surface area contributed by atoms with Crippen molar-refractivity contribution in [1.82, 2.24) is 0 Å². The van der Waals surface area contributed by atoms with Gasteiger partial charge in [-0.05, 0) is 43.0 Å². The van der Waals surface area contributed by atoms with Gasteiger partial charge in [0.1, 0.15) is 0 Å². The molecule has 20 heavy (non-hydrogen) atoms. The van der Waals surface area contributed by atoms with E-state index in [1.165, 1.54) is 10.5 Å². The van der Waals surface area contributed by atoms with E-state index in [2.05, 4.69) is 55.4 Å². The molecule has 0 fully saturated rings. The van der Waals surface area contributed by atoms with Crippen LogP contribution in [0.15, 0.2) is 40.8 Å². The molecule has 0 nitrogen and oxygen atoms in total. The fourth-order valence-corrected chi connectivity index (χ4v) is 3.36. The summed E-state index contributed by atoms with van der Waals surface area (Å²) in [5, 5.41) is 2.16. The Kier molecular flexibility index (Phi) is 6.82. The Morgan fingerprint density at radius 1 is 1.20 bits per heavy atom. The van der Waals surface area contributed by atoms with Crippen LogP contribution in [0.25, 0.3) is 0 Å². The normalized spacial score (nSPS) is 14.2. The van der Waals surface area contributed by atoms with Crippen LogP contribution in [0, 0.1) is 17.3 Å². The first-order chi connectivity index (χ1) is 9.62. The molecule has 1 heteroatoms. The largest absolute Gasteiger partial charge is 0.149 e. The molecule has 0 aliphatic heterocycles. The van der Waals surface area contributed by atoms with E-state index in [1.807, 2.05) is 32.1 Å². The van der Waals surface area contributed by atoms with Crippen LogP contribution in [-0.2, 0) is 6.42 Å². The van der Waals surface area contributed by atoms with Gasteiger partial charge in [0.25, 0.3) is 0 Å². The molecule has 0 radical (unpaired) electrons. The van der Waals surface area contributed by atoms with Crippen molar-refractivity contribution in [1.29, 1.82) is 0 Å². The van der Waals surface area contributed by atoms with E-state index in [0.29, 0.717) is 0 Å². The number of allylic oxidation sites excluding steroid dienone is 4. The van der Waals surface area contributed by atoms with Gasteiger partial charge in [-0.3, -0.25) is 0 Å². The predicted molar refractivity (Wildman–Crippen MR) is 92.0 cm³/mol. The highest BCUT2D eigenvalue weighted by molar-refractivity contribution is 7.09. The Hall–Kier alpha value is -1.26. The summed E-state index contributed by atoms with van der Waals surface area (Å²) >= 11 is 1.86. The molecule has 0 saturated heterocycles. The minimum Gasteiger partial charge on any atom is -0.149 e. The maximum Gasteiger partial charge on any atom is 0.00537 e. The van der Waals surface area contributed by atoms with Gasteiger partial charge in [-0.2, -0.15) is 0 Å². The zero-order valence-corrected chi connectivity index (χ0v) is 14.2. The lowest BCUT2D eigenvalue weighted by molar-refractivity contribution is 0.429. The molecular formula is C19H26S. The predicted octanol–water partition coefficient (Wildman–Crippen LogP) is 6.01. The second kappa shape index (κ2) is 8.12. The average Bonchev–Trinajstić information content (AvgIpc) is 2.94. The number of thiophene rings is 1. The highest BCUT2D eigenvalue weighted by Gasteiger charge is 2.25. The first kappa shape index (κ1) is 16.8. The molecule has 108 valence electrons. The Balaban J connectivity index is 0.000000956. The summed E-state index contributed by atoms with van der Waals surface area (Å²) in [6, 6.07) is 4.37. The number of hydrogen-bond acceptors (Lipinski definition) is 1. The van der Waals surface area contributed by atoms with Gasteiger partial charge in [0.15, 0.2) is 0 Å². The molecule has 1 aromatic heterocycles. The van der Waals surface area contributed by atoms with Crippen LogP contribution in [0.4, 0.5) is 0 Å². The van der Waals surface area contributed by atoms with Crippen molar-refractivity contribution >= 4 is 11.3 Å². The van der Waals surface area contributed by atoms with Gasteiger partial charge in [-0.15, -0.1) is 17.3 Å². The van der Waals surface area contributed by atoms with Crippen LogP contribution in [-0.4, -0.2) is 0 Å². The van der Waals surface area contributed by atoms with Crippen LogP contribution < -0.4 is 0 Å². The molecule has 1 aromatic rings. The van der Waals surface area contributed by atoms with Gasteiger partial charge < -0.3 is 0 Å². The SMILES string of the molecule is CC.CC#CC1=CC=C(C(C)(C)Cc2cccs2)CC1. The van der Waals surface area contributed by atoms with Crippen LogP contribution >= 0.6 is 11.3 Å². The molecule has 2 rings (SSSR count). The summed E-state index contributed by atoms with van der Waals surface area (Å²) in [6.07, 6.45) is 7.88. The quantitative estimate of drug-likeness (QED) is 0.597. The molecule has 0 bridgehead atoms. The third-order valence-electron chi connectivity index (χ3n) is 3.50. The van der Waals surface area contributed by atoms with Crippen molar-refractivity contribution in [2.24, 2.45) is 5.41 Å². The number of hydrogen-bond donors (Lipinski definition) is 0. The summed E-state index contributed by atoms with van der Waals surface area (Å²) in [6.45, 7) is 10.6. The molecule has 0 amide bonds. The van der Waals surface area contributed by atoms with E-state index in [-0.39, 0.29) is 5.41 Å². The van der Waals surface area contributed by atoms with Crippen molar-refractivity contribution in [3.63, 3.8) is 0 Å². The van der Waals surface area contributed by atoms with Crippen LogP contribution in [0.1, 0.15) is 52.3 Å². The fraction of sp³-hybridized carbons (Fsp3) is 0.474. The zero-order valence-electron chi connectivity index (χ0n) is 13.4. The number of rotatable bonds is 3. The molecule has 0 saturated carbocycles. The smallest absolute Gasteiger partial charge is 0.00537 e. The highest BCUT2D eigenvalue weighted by Crippen LogP contribution is 2.37. The van der Waals surface area contributed by atoms with E-state index in [4.69, 9.17) is 0 Å². The lowest BCUT2D eigenvalue weighted by Crippen LogP contribution is -2.19. The standard InChI is InChI=1S/C17H20S.C2H6/c1-4-6-14-8-10-15(11-9-14)17(2,3)13-16-7-5-12-18-16;1-2/h5,7-8,10,12H,9,11,13H2,1-3H3;1-2H3. The van der Waals surface area contributed by atoms with E-state index in [0.717, 1.165) is 19.3 Å². The van der Waals surface area contributed by atoms with E-state index in [1.54, 1.807) is 5.57 Å². The van der Waals surface area contributed by atoms with Gasteiger partial charge in [0, 0.05) is 10.5 Å². The van der Waals surface area contributed by atoms with Gasteiger partial charge in [-0.1, -0.05) is 57.4 Å². The van der Waals surface area contributed by atoms with Crippen molar-refractivity contribution in [2.75, 3.05) is 0 Å². The molecule has 0 spiro atoms. The molecule has 0 N–H and O–H groups in total. The van der Waals surface area contributed by atoms with Crippen LogP contribution in [0.5, 0.6) is 0 Å². The molecule has 0 unspecified atom stereocenters. The third-order valence-corrected chi connectivity index (χ3v) is 4.38. The second-order valence-corrected chi connectivity index (χ2v) is 6.43. The Labute approximate surface area is 128 Å². The Bertz CT molecular complexity index is 516. The Morgan fingerprint density at radius 2 is 1.95 bits per heavy atom. The average molecular weight is 286 g/mol. The van der Waals surface area contributed by atoms with Gasteiger partial charge in [-0.25, -0.2) is 0 Å². The van der Waals surface area contributed by atoms with E-state index in [9.17, 15) is 0 Å². The van der Waals surface area contributed by atoms with Crippen molar-refractivity contribution in [3.8, 4) is 11.8 Å². The molecule has 0 atom stereocenters. The molecular weight excluding hydrogens is 260 g/mol. The van der Waals surface area contributed by atoms with Crippen molar-refractivity contribution < 1.29 is 0 Å². The molecule has 1 heterocycles. The third kappa shape index (κ3) is 4.69. The summed E-state index contributed by atoms with van der Waals surface area (Å²) in [5.74, 6) is 6.15. The van der Waals surface area contributed by atoms with E-state index >= 15 is 0 Å². The van der Waals surface area contributed by atoms with Crippen molar-refractivity contribution in [3.05, 3.63) is 45.7 Å². The minimum absolute atomic E-state index is 0.256. The van der Waals surface area contributed by atoms with E-state index < -0.39 is 0 Å². The van der Waals surface area contributed by atoms with Gasteiger partial charge in [0.2, 0.25) is 0 Å². The monoisotopic (exact) mass is 286 g/mol. The Morgan fingerprint density at radius 3 is 2.45 bits per heavy atom.